The molecule has 1 aromatic heterocycles. The van der Waals surface area contributed by atoms with Crippen molar-refractivity contribution in [1.82, 2.24) is 9.97 Å². The summed E-state index contributed by atoms with van der Waals surface area (Å²) in [5, 5.41) is 0. The molecule has 4 heteroatoms. The molecule has 0 spiro atoms. The lowest BCUT2D eigenvalue weighted by Crippen LogP contribution is -2.06. The highest BCUT2D eigenvalue weighted by molar-refractivity contribution is 5.34. The van der Waals surface area contributed by atoms with E-state index in [1.54, 1.807) is 0 Å². The van der Waals surface area contributed by atoms with Crippen molar-refractivity contribution in [3.05, 3.63) is 17.6 Å². The van der Waals surface area contributed by atoms with E-state index in [4.69, 9.17) is 4.74 Å². The number of aromatic nitrogens is 2. The van der Waals surface area contributed by atoms with Crippen molar-refractivity contribution < 1.29 is 9.13 Å². The maximum absolute atomic E-state index is 12.0. The smallest absolute Gasteiger partial charge is 0.219 e. The zero-order valence-electron chi connectivity index (χ0n) is 8.87. The minimum atomic E-state index is -0.480. The zero-order valence-corrected chi connectivity index (χ0v) is 8.87. The first-order valence-corrected chi connectivity index (χ1v) is 5.39. The van der Waals surface area contributed by atoms with E-state index in [1.807, 2.05) is 6.92 Å². The van der Waals surface area contributed by atoms with E-state index >= 15 is 0 Å². The number of rotatable bonds is 5. The Hall–Kier alpha value is -1.19. The van der Waals surface area contributed by atoms with Gasteiger partial charge in [-0.25, -0.2) is 14.4 Å². The summed E-state index contributed by atoms with van der Waals surface area (Å²) >= 11 is 0. The van der Waals surface area contributed by atoms with E-state index in [9.17, 15) is 4.39 Å². The highest BCUT2D eigenvalue weighted by atomic mass is 19.1. The molecule has 0 unspecified atom stereocenters. The van der Waals surface area contributed by atoms with Gasteiger partial charge in [-0.2, -0.15) is 0 Å². The standard InChI is InChI=1S/C11H15FN2O/c1-2-9-10(8-3-4-8)13-7-14-11(9)15-6-5-12/h7-8H,2-6H2,1H3. The Morgan fingerprint density at radius 1 is 1.47 bits per heavy atom. The molecule has 1 heterocycles. The number of alkyl halides is 1. The van der Waals surface area contributed by atoms with E-state index in [-0.39, 0.29) is 6.61 Å². The fourth-order valence-electron chi connectivity index (χ4n) is 1.71. The molecule has 0 N–H and O–H groups in total. The number of hydrogen-bond donors (Lipinski definition) is 0. The van der Waals surface area contributed by atoms with Crippen LogP contribution in [0, 0.1) is 0 Å². The molecule has 1 fully saturated rings. The summed E-state index contributed by atoms with van der Waals surface area (Å²) in [6.07, 6.45) is 4.76. The van der Waals surface area contributed by atoms with Gasteiger partial charge >= 0.3 is 0 Å². The van der Waals surface area contributed by atoms with E-state index < -0.39 is 6.67 Å². The molecule has 0 radical (unpaired) electrons. The molecule has 1 aromatic rings. The van der Waals surface area contributed by atoms with Crippen LogP contribution in [0.2, 0.25) is 0 Å². The van der Waals surface area contributed by atoms with Gasteiger partial charge in [0.15, 0.2) is 0 Å². The summed E-state index contributed by atoms with van der Waals surface area (Å²) in [5.41, 5.74) is 2.15. The van der Waals surface area contributed by atoms with E-state index in [2.05, 4.69) is 9.97 Å². The first kappa shape index (κ1) is 10.3. The molecule has 0 bridgehead atoms. The monoisotopic (exact) mass is 210 g/mol. The van der Waals surface area contributed by atoms with Gasteiger partial charge in [-0.05, 0) is 19.3 Å². The topological polar surface area (TPSA) is 35.0 Å². The van der Waals surface area contributed by atoms with Crippen molar-refractivity contribution in [2.24, 2.45) is 0 Å². The Bertz CT molecular complexity index is 339. The summed E-state index contributed by atoms with van der Waals surface area (Å²) in [4.78, 5) is 8.35. The lowest BCUT2D eigenvalue weighted by atomic mass is 10.1. The molecular weight excluding hydrogens is 195 g/mol. The van der Waals surface area contributed by atoms with Crippen LogP contribution in [0.25, 0.3) is 0 Å². The van der Waals surface area contributed by atoms with Crippen molar-refractivity contribution in [3.63, 3.8) is 0 Å². The molecule has 0 amide bonds. The lowest BCUT2D eigenvalue weighted by Gasteiger charge is -2.10. The van der Waals surface area contributed by atoms with Crippen molar-refractivity contribution in [1.29, 1.82) is 0 Å². The van der Waals surface area contributed by atoms with Gasteiger partial charge < -0.3 is 4.74 Å². The average molecular weight is 210 g/mol. The summed E-state index contributed by atoms with van der Waals surface area (Å²) in [6.45, 7) is 1.65. The fourth-order valence-corrected chi connectivity index (χ4v) is 1.71. The van der Waals surface area contributed by atoms with Crippen molar-refractivity contribution in [2.75, 3.05) is 13.3 Å². The number of ether oxygens (including phenoxy) is 1. The van der Waals surface area contributed by atoms with Crippen LogP contribution in [0.4, 0.5) is 4.39 Å². The summed E-state index contributed by atoms with van der Waals surface area (Å²) in [7, 11) is 0. The van der Waals surface area contributed by atoms with Gasteiger partial charge in [0.1, 0.15) is 19.6 Å². The largest absolute Gasteiger partial charge is 0.475 e. The second kappa shape index (κ2) is 4.55. The summed E-state index contributed by atoms with van der Waals surface area (Å²) in [5.74, 6) is 1.14. The number of hydrogen-bond acceptors (Lipinski definition) is 3. The van der Waals surface area contributed by atoms with E-state index in [1.165, 1.54) is 19.2 Å². The van der Waals surface area contributed by atoms with Crippen LogP contribution >= 0.6 is 0 Å². The first-order valence-electron chi connectivity index (χ1n) is 5.39. The minimum absolute atomic E-state index is 0.0775. The third-order valence-corrected chi connectivity index (χ3v) is 2.57. The van der Waals surface area contributed by atoms with Gasteiger partial charge in [-0.15, -0.1) is 0 Å². The highest BCUT2D eigenvalue weighted by Gasteiger charge is 2.28. The Kier molecular flexibility index (Phi) is 3.14. The predicted octanol–water partition coefficient (Wildman–Crippen LogP) is 2.26. The Labute approximate surface area is 88.7 Å². The molecule has 0 aromatic carbocycles. The molecule has 0 atom stereocenters. The van der Waals surface area contributed by atoms with Gasteiger partial charge in [-0.3, -0.25) is 0 Å². The molecule has 1 aliphatic carbocycles. The first-order chi connectivity index (χ1) is 7.36. The molecule has 0 saturated heterocycles. The minimum Gasteiger partial charge on any atom is -0.475 e. The van der Waals surface area contributed by atoms with Gasteiger partial charge in [0.25, 0.3) is 0 Å². The second-order valence-electron chi connectivity index (χ2n) is 3.71. The van der Waals surface area contributed by atoms with Gasteiger partial charge in [0.05, 0.1) is 5.69 Å². The Morgan fingerprint density at radius 2 is 2.27 bits per heavy atom. The quantitative estimate of drug-likeness (QED) is 0.747. The average Bonchev–Trinajstić information content (AvgIpc) is 3.09. The normalized spacial score (nSPS) is 15.3. The van der Waals surface area contributed by atoms with E-state index in [0.29, 0.717) is 11.8 Å². The summed E-state index contributed by atoms with van der Waals surface area (Å²) in [6, 6.07) is 0. The van der Waals surface area contributed by atoms with Crippen LogP contribution in [-0.2, 0) is 6.42 Å². The molecule has 3 nitrogen and oxygen atoms in total. The SMILES string of the molecule is CCc1c(OCCF)ncnc1C1CC1. The number of halogens is 1. The highest BCUT2D eigenvalue weighted by Crippen LogP contribution is 2.41. The molecule has 0 aliphatic heterocycles. The molecule has 1 saturated carbocycles. The third-order valence-electron chi connectivity index (χ3n) is 2.57. The Morgan fingerprint density at radius 3 is 2.87 bits per heavy atom. The van der Waals surface area contributed by atoms with Gasteiger partial charge in [0, 0.05) is 11.5 Å². The van der Waals surface area contributed by atoms with Crippen LogP contribution < -0.4 is 4.74 Å². The molecule has 15 heavy (non-hydrogen) atoms. The third kappa shape index (κ3) is 2.25. The lowest BCUT2D eigenvalue weighted by molar-refractivity contribution is 0.261. The molecule has 1 aliphatic rings. The number of nitrogens with zero attached hydrogens (tertiary/aromatic N) is 2. The van der Waals surface area contributed by atoms with Crippen molar-refractivity contribution in [2.45, 2.75) is 32.1 Å². The van der Waals surface area contributed by atoms with Gasteiger partial charge in [-0.1, -0.05) is 6.92 Å². The zero-order chi connectivity index (χ0) is 10.7. The maximum atomic E-state index is 12.0. The Balaban J connectivity index is 2.23. The molecule has 2 rings (SSSR count). The molecule has 82 valence electrons. The van der Waals surface area contributed by atoms with Crippen molar-refractivity contribution >= 4 is 0 Å². The second-order valence-corrected chi connectivity index (χ2v) is 3.71. The predicted molar refractivity (Wildman–Crippen MR) is 54.9 cm³/mol. The fraction of sp³-hybridized carbons (Fsp3) is 0.636. The van der Waals surface area contributed by atoms with Crippen LogP contribution in [0.15, 0.2) is 6.33 Å². The van der Waals surface area contributed by atoms with Crippen LogP contribution in [-0.4, -0.2) is 23.2 Å². The van der Waals surface area contributed by atoms with Gasteiger partial charge in [0.2, 0.25) is 5.88 Å². The van der Waals surface area contributed by atoms with Crippen LogP contribution in [0.3, 0.4) is 0 Å². The van der Waals surface area contributed by atoms with Crippen LogP contribution in [0.1, 0.15) is 36.9 Å². The molecular formula is C11H15FN2O. The van der Waals surface area contributed by atoms with Crippen LogP contribution in [0.5, 0.6) is 5.88 Å². The van der Waals surface area contributed by atoms with Crippen molar-refractivity contribution in [3.8, 4) is 5.88 Å². The van der Waals surface area contributed by atoms with E-state index in [0.717, 1.165) is 17.7 Å². The summed E-state index contributed by atoms with van der Waals surface area (Å²) < 4.78 is 17.3. The maximum Gasteiger partial charge on any atom is 0.219 e.